The molecule has 0 amide bonds. The number of allylic oxidation sites excluding steroid dienone is 8. The van der Waals surface area contributed by atoms with Crippen molar-refractivity contribution in [3.63, 3.8) is 0 Å². The third-order valence-corrected chi connectivity index (χ3v) is 8.34. The molecule has 0 aliphatic heterocycles. The van der Waals surface area contributed by atoms with E-state index in [0.29, 0.717) is 0 Å². The fourth-order valence-corrected chi connectivity index (χ4v) is 6.34. The van der Waals surface area contributed by atoms with Gasteiger partial charge in [0.2, 0.25) is 0 Å². The second kappa shape index (κ2) is 13.2. The van der Waals surface area contributed by atoms with Crippen molar-refractivity contribution in [3.8, 4) is 36.4 Å². The second-order valence-corrected chi connectivity index (χ2v) is 11.4. The number of nitriles is 6. The molecular weight excluding hydrogens is 782 g/mol. The monoisotopic (exact) mass is 788 g/mol. The van der Waals surface area contributed by atoms with Crippen LogP contribution in [0, 0.1) is 79.6 Å². The highest BCUT2D eigenvalue weighted by atomic mass is 19.4. The fraction of sp³-hybridized carbons (Fsp3) is 0.111. The lowest BCUT2D eigenvalue weighted by Gasteiger charge is -2.19. The first-order valence-corrected chi connectivity index (χ1v) is 14.5. The van der Waals surface area contributed by atoms with Gasteiger partial charge in [0, 0.05) is 33.4 Å². The Bertz CT molecular complexity index is 2500. The summed E-state index contributed by atoms with van der Waals surface area (Å²) in [6.45, 7) is 0. The molecule has 0 atom stereocenters. The Balaban J connectivity index is 1.97. The highest BCUT2D eigenvalue weighted by Crippen LogP contribution is 2.56. The maximum atomic E-state index is 15.0. The Morgan fingerprint density at radius 2 is 0.714 bits per heavy atom. The van der Waals surface area contributed by atoms with Gasteiger partial charge in [0.05, 0.1) is 22.3 Å². The normalized spacial score (nSPS) is 13.9. The van der Waals surface area contributed by atoms with Gasteiger partial charge in [-0.2, -0.15) is 84.3 Å². The molecule has 3 aromatic carbocycles. The number of nitrogens with zero attached hydrogens (tertiary/aromatic N) is 6. The van der Waals surface area contributed by atoms with E-state index in [0.717, 1.165) is 12.1 Å². The summed E-state index contributed by atoms with van der Waals surface area (Å²) >= 11 is 0. The average Bonchev–Trinajstić information content (AvgIpc) is 3.57. The topological polar surface area (TPSA) is 143 Å². The zero-order chi connectivity index (χ0) is 42.0. The number of halogens is 14. The van der Waals surface area contributed by atoms with Crippen LogP contribution in [-0.4, -0.2) is 0 Å². The minimum atomic E-state index is -5.92. The third-order valence-electron chi connectivity index (χ3n) is 8.34. The van der Waals surface area contributed by atoms with E-state index in [4.69, 9.17) is 0 Å². The average molecular weight is 788 g/mol. The molecule has 0 saturated heterocycles. The van der Waals surface area contributed by atoms with Gasteiger partial charge in [-0.25, -0.2) is 8.78 Å². The highest BCUT2D eigenvalue weighted by Gasteiger charge is 2.48. The van der Waals surface area contributed by atoms with E-state index in [9.17, 15) is 84.3 Å². The van der Waals surface area contributed by atoms with E-state index in [1.807, 2.05) is 0 Å². The van der Waals surface area contributed by atoms with Crippen LogP contribution in [0.25, 0.3) is 33.4 Å². The largest absolute Gasteiger partial charge is 0.419 e. The molecule has 0 heterocycles. The van der Waals surface area contributed by atoms with Crippen LogP contribution >= 0.6 is 0 Å². The smallest absolute Gasteiger partial charge is 0.206 e. The van der Waals surface area contributed by atoms with Crippen molar-refractivity contribution in [3.05, 3.63) is 115 Å². The quantitative estimate of drug-likeness (QED) is 0.187. The van der Waals surface area contributed by atoms with Crippen LogP contribution in [-0.2, 0) is 24.7 Å². The molecule has 278 valence electrons. The first-order valence-electron chi connectivity index (χ1n) is 14.5. The lowest BCUT2D eigenvalue weighted by Crippen LogP contribution is -2.19. The van der Waals surface area contributed by atoms with Crippen LogP contribution in [0.15, 0.2) is 47.5 Å². The molecule has 0 spiro atoms. The Morgan fingerprint density at radius 1 is 0.411 bits per heavy atom. The SMILES string of the molecule is N#CC(C#N)=C1C(c2cc(F)c(C(F)(F)F)c(C(F)(F)F)c2)=C(C#N)c2cc3c(cc21)C(=C(C#N)C#N)C(c1cc(F)c(C(F)(F)F)c(C(F)(F)F)c1)=C3C#N. The zero-order valence-corrected chi connectivity index (χ0v) is 26.4. The van der Waals surface area contributed by atoms with E-state index in [1.165, 1.54) is 36.4 Å². The van der Waals surface area contributed by atoms with Crippen molar-refractivity contribution >= 4 is 33.4 Å². The summed E-state index contributed by atoms with van der Waals surface area (Å²) < 4.78 is 195. The number of alkyl halides is 12. The molecule has 0 bridgehead atoms. The van der Waals surface area contributed by atoms with E-state index in [1.54, 1.807) is 0 Å². The van der Waals surface area contributed by atoms with Crippen LogP contribution < -0.4 is 0 Å². The minimum absolute atomic E-state index is 0.0679. The summed E-state index contributed by atoms with van der Waals surface area (Å²) in [5.41, 5.74) is -22.6. The van der Waals surface area contributed by atoms with Crippen molar-refractivity contribution < 1.29 is 61.5 Å². The van der Waals surface area contributed by atoms with Gasteiger partial charge in [-0.1, -0.05) is 0 Å². The summed E-state index contributed by atoms with van der Waals surface area (Å²) in [5.74, 6) is -5.00. The Kier molecular flexibility index (Phi) is 9.35. The molecule has 0 N–H and O–H groups in total. The molecule has 0 radical (unpaired) electrons. The van der Waals surface area contributed by atoms with Gasteiger partial charge < -0.3 is 0 Å². The number of fused-ring (bicyclic) bond motifs is 2. The summed E-state index contributed by atoms with van der Waals surface area (Å²) in [5, 5.41) is 59.7. The Morgan fingerprint density at radius 3 is 0.964 bits per heavy atom. The zero-order valence-electron chi connectivity index (χ0n) is 26.4. The van der Waals surface area contributed by atoms with Gasteiger partial charge in [-0.15, -0.1) is 0 Å². The molecule has 0 aromatic heterocycles. The molecule has 5 rings (SSSR count). The maximum absolute atomic E-state index is 15.0. The first-order chi connectivity index (χ1) is 25.9. The lowest BCUT2D eigenvalue weighted by molar-refractivity contribution is -0.163. The molecule has 6 nitrogen and oxygen atoms in total. The van der Waals surface area contributed by atoms with Gasteiger partial charge in [-0.05, 0) is 58.7 Å². The van der Waals surface area contributed by atoms with Crippen molar-refractivity contribution in [2.75, 3.05) is 0 Å². The van der Waals surface area contributed by atoms with Gasteiger partial charge in [0.15, 0.2) is 0 Å². The van der Waals surface area contributed by atoms with Gasteiger partial charge in [0.1, 0.15) is 70.3 Å². The molecule has 2 aliphatic carbocycles. The van der Waals surface area contributed by atoms with Crippen LogP contribution in [0.2, 0.25) is 0 Å². The molecule has 20 heteroatoms. The second-order valence-electron chi connectivity index (χ2n) is 11.4. The summed E-state index contributed by atoms with van der Waals surface area (Å²) in [6.07, 6.45) is -23.6. The Labute approximate surface area is 302 Å². The molecular formula is C36H6F14N6. The Hall–Kier alpha value is -7.42. The summed E-state index contributed by atoms with van der Waals surface area (Å²) in [7, 11) is 0. The van der Waals surface area contributed by atoms with Crippen molar-refractivity contribution in [2.24, 2.45) is 0 Å². The van der Waals surface area contributed by atoms with Crippen LogP contribution in [0.1, 0.15) is 55.6 Å². The van der Waals surface area contributed by atoms with E-state index < -0.39 is 137 Å². The predicted octanol–water partition coefficient (Wildman–Crippen LogP) is 10.5. The van der Waals surface area contributed by atoms with Gasteiger partial charge >= 0.3 is 24.7 Å². The fourth-order valence-electron chi connectivity index (χ4n) is 6.34. The number of rotatable bonds is 2. The number of hydrogen-bond acceptors (Lipinski definition) is 6. The van der Waals surface area contributed by atoms with Gasteiger partial charge in [0.25, 0.3) is 0 Å². The lowest BCUT2D eigenvalue weighted by atomic mass is 9.88. The van der Waals surface area contributed by atoms with Crippen LogP contribution in [0.5, 0.6) is 0 Å². The van der Waals surface area contributed by atoms with Crippen molar-refractivity contribution in [2.45, 2.75) is 24.7 Å². The van der Waals surface area contributed by atoms with Gasteiger partial charge in [-0.3, -0.25) is 0 Å². The van der Waals surface area contributed by atoms with E-state index >= 15 is 8.78 Å². The standard InChI is InChI=1S/C36H6F14N6/c37-25-3-13(1-23(33(39,40)41)31(25)35(45,46)47)27-21(11-55)17-5-18-20(6-19(17)29(27)15(7-51)8-52)30(16(9-53)10-54)28(22(18)12-56)14-2-24(34(42,43)44)32(26(38)4-14)36(48,49)50/h1-6H. The van der Waals surface area contributed by atoms with Crippen LogP contribution in [0.3, 0.4) is 0 Å². The molecule has 0 saturated carbocycles. The van der Waals surface area contributed by atoms with Crippen LogP contribution in [0.4, 0.5) is 61.5 Å². The van der Waals surface area contributed by atoms with E-state index in [2.05, 4.69) is 0 Å². The summed E-state index contributed by atoms with van der Waals surface area (Å²) in [6, 6.07) is 9.41. The van der Waals surface area contributed by atoms with Crippen molar-refractivity contribution in [1.29, 1.82) is 31.6 Å². The summed E-state index contributed by atoms with van der Waals surface area (Å²) in [4.78, 5) is 0. The molecule has 2 aliphatic rings. The number of hydrogen-bond donors (Lipinski definition) is 0. The molecule has 3 aromatic rings. The molecule has 0 unspecified atom stereocenters. The van der Waals surface area contributed by atoms with E-state index in [-0.39, 0.29) is 24.3 Å². The maximum Gasteiger partial charge on any atom is 0.419 e. The first kappa shape index (κ1) is 39.8. The number of benzene rings is 3. The third kappa shape index (κ3) is 6.24. The van der Waals surface area contributed by atoms with Crippen molar-refractivity contribution in [1.82, 2.24) is 0 Å². The molecule has 56 heavy (non-hydrogen) atoms. The predicted molar refractivity (Wildman–Crippen MR) is 160 cm³/mol. The molecule has 0 fully saturated rings. The minimum Gasteiger partial charge on any atom is -0.206 e. The highest BCUT2D eigenvalue weighted by molar-refractivity contribution is 6.29.